The van der Waals surface area contributed by atoms with Gasteiger partial charge in [0.2, 0.25) is 0 Å². The number of rotatable bonds is 6. The summed E-state index contributed by atoms with van der Waals surface area (Å²) >= 11 is 0. The Hall–Kier alpha value is -4.32. The molecule has 0 saturated carbocycles. The predicted octanol–water partition coefficient (Wildman–Crippen LogP) is 5.16. The van der Waals surface area contributed by atoms with Gasteiger partial charge < -0.3 is 20.3 Å². The minimum absolute atomic E-state index is 0.149. The van der Waals surface area contributed by atoms with Crippen molar-refractivity contribution in [1.82, 2.24) is 0 Å². The summed E-state index contributed by atoms with van der Waals surface area (Å²) in [4.78, 5) is 23.7. The van der Waals surface area contributed by atoms with Gasteiger partial charge in [0.15, 0.2) is 0 Å². The Morgan fingerprint density at radius 2 is 1.62 bits per heavy atom. The Morgan fingerprint density at radius 3 is 2.41 bits per heavy atom. The predicted molar refractivity (Wildman–Crippen MR) is 130 cm³/mol. The monoisotopic (exact) mass is 453 g/mol. The smallest absolute Gasteiger partial charge is 0.338 e. The third-order valence-corrected chi connectivity index (χ3v) is 6.12. The molecule has 0 saturated heterocycles. The van der Waals surface area contributed by atoms with E-state index in [-0.39, 0.29) is 17.9 Å². The highest BCUT2D eigenvalue weighted by atomic mass is 16.5. The number of fused-ring (bicyclic) bond motifs is 2. The van der Waals surface area contributed by atoms with Crippen LogP contribution in [0.1, 0.15) is 43.0 Å². The first-order valence-electron chi connectivity index (χ1n) is 11.1. The van der Waals surface area contributed by atoms with Crippen LogP contribution in [-0.4, -0.2) is 28.7 Å². The quantitative estimate of drug-likeness (QED) is 0.349. The van der Waals surface area contributed by atoms with Crippen LogP contribution in [0.4, 0.5) is 5.69 Å². The largest absolute Gasteiger partial charge is 0.508 e. The van der Waals surface area contributed by atoms with Gasteiger partial charge in [-0.15, -0.1) is 0 Å². The van der Waals surface area contributed by atoms with E-state index in [1.165, 1.54) is 5.56 Å². The molecule has 0 fully saturated rings. The normalized spacial score (nSPS) is 12.2. The molecule has 0 spiro atoms. The molecule has 4 aromatic rings. The number of hydrogen-bond acceptors (Lipinski definition) is 5. The lowest BCUT2D eigenvalue weighted by molar-refractivity contribution is 0.0472. The molecule has 0 unspecified atom stereocenters. The van der Waals surface area contributed by atoms with Crippen molar-refractivity contribution in [3.8, 4) is 5.75 Å². The van der Waals surface area contributed by atoms with Crippen LogP contribution in [0, 0.1) is 0 Å². The highest BCUT2D eigenvalue weighted by molar-refractivity contribution is 5.96. The van der Waals surface area contributed by atoms with Gasteiger partial charge in [-0.3, -0.25) is 0 Å². The summed E-state index contributed by atoms with van der Waals surface area (Å²) in [5.41, 5.74) is 5.56. The number of carboxylic acid groups (broad SMARTS) is 1. The van der Waals surface area contributed by atoms with Crippen LogP contribution in [0.3, 0.4) is 0 Å². The minimum atomic E-state index is -0.979. The lowest BCUT2D eigenvalue weighted by Gasteiger charge is -2.10. The van der Waals surface area contributed by atoms with Gasteiger partial charge in [0.25, 0.3) is 0 Å². The molecule has 0 atom stereocenters. The van der Waals surface area contributed by atoms with Crippen molar-refractivity contribution < 1.29 is 24.5 Å². The van der Waals surface area contributed by atoms with Crippen molar-refractivity contribution in [3.63, 3.8) is 0 Å². The molecule has 3 N–H and O–H groups in total. The number of aromatic carboxylic acids is 1. The van der Waals surface area contributed by atoms with E-state index in [4.69, 9.17) is 9.84 Å². The molecule has 5 rings (SSSR count). The summed E-state index contributed by atoms with van der Waals surface area (Å²) in [6, 6.07) is 21.4. The number of phenolic OH excluding ortho intramolecular Hbond substituents is 1. The molecule has 170 valence electrons. The van der Waals surface area contributed by atoms with Gasteiger partial charge in [-0.25, -0.2) is 9.59 Å². The van der Waals surface area contributed by atoms with Gasteiger partial charge >= 0.3 is 11.9 Å². The molecule has 0 aliphatic carbocycles. The van der Waals surface area contributed by atoms with E-state index >= 15 is 0 Å². The number of carbonyl (C=O) groups is 2. The van der Waals surface area contributed by atoms with Crippen molar-refractivity contribution in [1.29, 1.82) is 0 Å². The fraction of sp³-hybridized carbons (Fsp3) is 0.143. The fourth-order valence-electron chi connectivity index (χ4n) is 4.27. The molecular weight excluding hydrogens is 430 g/mol. The summed E-state index contributed by atoms with van der Waals surface area (Å²) in [6.45, 7) is 1.14. The Kier molecular flexibility index (Phi) is 5.64. The van der Waals surface area contributed by atoms with Crippen LogP contribution >= 0.6 is 0 Å². The van der Waals surface area contributed by atoms with Crippen molar-refractivity contribution >= 4 is 28.4 Å². The second-order valence-corrected chi connectivity index (χ2v) is 8.47. The number of anilines is 1. The molecule has 0 bridgehead atoms. The molecule has 0 amide bonds. The fourth-order valence-corrected chi connectivity index (χ4v) is 4.27. The van der Waals surface area contributed by atoms with Crippen LogP contribution in [0.5, 0.6) is 5.75 Å². The molecule has 1 aliphatic heterocycles. The van der Waals surface area contributed by atoms with E-state index in [0.717, 1.165) is 40.6 Å². The first-order valence-corrected chi connectivity index (χ1v) is 11.1. The third kappa shape index (κ3) is 4.43. The Balaban J connectivity index is 1.33. The maximum absolute atomic E-state index is 12.7. The number of carbonyl (C=O) groups excluding carboxylic acids is 1. The summed E-state index contributed by atoms with van der Waals surface area (Å²) in [6.07, 6.45) is 1.41. The number of phenols is 1. The van der Waals surface area contributed by atoms with Gasteiger partial charge in [-0.05, 0) is 81.9 Å². The number of benzene rings is 4. The number of esters is 1. The molecule has 6 nitrogen and oxygen atoms in total. The van der Waals surface area contributed by atoms with Gasteiger partial charge in [-0.2, -0.15) is 0 Å². The van der Waals surface area contributed by atoms with Crippen molar-refractivity contribution in [2.24, 2.45) is 0 Å². The van der Waals surface area contributed by atoms with E-state index < -0.39 is 11.9 Å². The molecular formula is C28H23NO5. The summed E-state index contributed by atoms with van der Waals surface area (Å²) in [5.74, 6) is -1.23. The Morgan fingerprint density at radius 1 is 0.853 bits per heavy atom. The number of hydrogen-bond donors (Lipinski definition) is 3. The zero-order valence-electron chi connectivity index (χ0n) is 18.4. The molecule has 6 heteroatoms. The van der Waals surface area contributed by atoms with Crippen LogP contribution in [0.2, 0.25) is 0 Å². The van der Waals surface area contributed by atoms with Gasteiger partial charge in [0, 0.05) is 18.7 Å². The number of carboxylic acids is 1. The zero-order chi connectivity index (χ0) is 23.7. The molecule has 0 aromatic heterocycles. The van der Waals surface area contributed by atoms with Gasteiger partial charge in [-0.1, -0.05) is 30.3 Å². The number of nitrogens with one attached hydrogen (secondary N) is 1. The van der Waals surface area contributed by atoms with E-state index in [0.29, 0.717) is 17.5 Å². The molecule has 34 heavy (non-hydrogen) atoms. The number of aromatic hydroxyl groups is 1. The highest BCUT2D eigenvalue weighted by Crippen LogP contribution is 2.28. The third-order valence-electron chi connectivity index (χ3n) is 6.12. The van der Waals surface area contributed by atoms with Crippen molar-refractivity contribution in [2.75, 3.05) is 11.9 Å². The molecule has 4 aromatic carbocycles. The summed E-state index contributed by atoms with van der Waals surface area (Å²) in [5, 5.41) is 24.5. The first-order chi connectivity index (χ1) is 16.5. The lowest BCUT2D eigenvalue weighted by atomic mass is 9.98. The first kappa shape index (κ1) is 21.5. The van der Waals surface area contributed by atoms with E-state index in [2.05, 4.69) is 11.4 Å². The standard InChI is InChI=1S/C28H23NO5/c30-26-15-20-6-7-22(28(33)34-16-18-3-8-25-21(12-18)9-10-29-25)13-23(20)14-24(26)11-17-1-4-19(5-2-17)27(31)32/h1-8,12-15,29-30H,9-11,16H2,(H,31,32). The highest BCUT2D eigenvalue weighted by Gasteiger charge is 2.13. The van der Waals surface area contributed by atoms with Crippen molar-refractivity contribution in [3.05, 3.63) is 106 Å². The minimum Gasteiger partial charge on any atom is -0.508 e. The van der Waals surface area contributed by atoms with E-state index in [1.807, 2.05) is 18.2 Å². The Labute approximate surface area is 196 Å². The van der Waals surface area contributed by atoms with Crippen LogP contribution in [-0.2, 0) is 24.2 Å². The van der Waals surface area contributed by atoms with Crippen LogP contribution in [0.25, 0.3) is 10.8 Å². The maximum Gasteiger partial charge on any atom is 0.338 e. The molecule has 1 aliphatic rings. The molecule has 0 radical (unpaired) electrons. The second kappa shape index (κ2) is 8.90. The zero-order valence-corrected chi connectivity index (χ0v) is 18.4. The summed E-state index contributed by atoms with van der Waals surface area (Å²) < 4.78 is 5.55. The average Bonchev–Trinajstić information content (AvgIpc) is 3.31. The van der Waals surface area contributed by atoms with E-state index in [9.17, 15) is 14.7 Å². The maximum atomic E-state index is 12.7. The Bertz CT molecular complexity index is 1410. The lowest BCUT2D eigenvalue weighted by Crippen LogP contribution is -2.05. The van der Waals surface area contributed by atoms with Gasteiger partial charge in [0.1, 0.15) is 12.4 Å². The summed E-state index contributed by atoms with van der Waals surface area (Å²) in [7, 11) is 0. The topological polar surface area (TPSA) is 95.9 Å². The second-order valence-electron chi connectivity index (χ2n) is 8.47. The SMILES string of the molecule is O=C(O)c1ccc(Cc2cc3cc(C(=O)OCc4ccc5c(c4)CCN5)ccc3cc2O)cc1. The number of ether oxygens (including phenoxy) is 1. The van der Waals surface area contributed by atoms with Gasteiger partial charge in [0.05, 0.1) is 11.1 Å². The van der Waals surface area contributed by atoms with Crippen LogP contribution in [0.15, 0.2) is 72.8 Å². The molecule has 1 heterocycles. The van der Waals surface area contributed by atoms with Crippen LogP contribution < -0.4 is 5.32 Å². The van der Waals surface area contributed by atoms with Crippen molar-refractivity contribution in [2.45, 2.75) is 19.4 Å². The van der Waals surface area contributed by atoms with E-state index in [1.54, 1.807) is 48.5 Å². The average molecular weight is 453 g/mol.